The number of carbonyl (C=O) groups is 2. The van der Waals surface area contributed by atoms with Crippen molar-refractivity contribution in [1.82, 2.24) is 15.5 Å². The fourth-order valence-corrected chi connectivity index (χ4v) is 3.09. The van der Waals surface area contributed by atoms with Gasteiger partial charge in [-0.3, -0.25) is 4.79 Å². The van der Waals surface area contributed by atoms with Crippen molar-refractivity contribution >= 4 is 17.6 Å². The largest absolute Gasteiger partial charge is 0.497 e. The summed E-state index contributed by atoms with van der Waals surface area (Å²) in [7, 11) is 1.60. The monoisotopic (exact) mass is 400 g/mol. The molecule has 0 atom stereocenters. The van der Waals surface area contributed by atoms with Crippen LogP contribution in [0.4, 0.5) is 14.9 Å². The zero-order valence-corrected chi connectivity index (χ0v) is 16.4. The van der Waals surface area contributed by atoms with Crippen LogP contribution in [0.25, 0.3) is 0 Å². The molecule has 0 aromatic heterocycles. The molecule has 2 aromatic rings. The molecular formula is C21H25FN4O3. The Morgan fingerprint density at radius 1 is 0.966 bits per heavy atom. The first kappa shape index (κ1) is 20.4. The SMILES string of the molecule is COc1ccc(CNC(=O)CNC(=O)N2CCN(c3ccc(F)cc3)CC2)cc1. The van der Waals surface area contributed by atoms with Gasteiger partial charge in [0.25, 0.3) is 0 Å². The lowest BCUT2D eigenvalue weighted by molar-refractivity contribution is -0.120. The Bertz CT molecular complexity index is 819. The highest BCUT2D eigenvalue weighted by Crippen LogP contribution is 2.17. The Kier molecular flexibility index (Phi) is 6.89. The topological polar surface area (TPSA) is 73.9 Å². The van der Waals surface area contributed by atoms with Crippen LogP contribution in [0, 0.1) is 5.82 Å². The van der Waals surface area contributed by atoms with Crippen LogP contribution in [0.15, 0.2) is 48.5 Å². The first-order valence-corrected chi connectivity index (χ1v) is 9.48. The number of nitrogens with zero attached hydrogens (tertiary/aromatic N) is 2. The van der Waals surface area contributed by atoms with E-state index in [1.54, 1.807) is 24.1 Å². The molecule has 0 bridgehead atoms. The number of urea groups is 1. The summed E-state index contributed by atoms with van der Waals surface area (Å²) in [5, 5.41) is 5.43. The van der Waals surface area contributed by atoms with E-state index in [0.717, 1.165) is 17.0 Å². The number of carbonyl (C=O) groups excluding carboxylic acids is 2. The molecule has 0 spiro atoms. The fraction of sp³-hybridized carbons (Fsp3) is 0.333. The van der Waals surface area contributed by atoms with Crippen LogP contribution in [-0.4, -0.2) is 56.7 Å². The number of hydrogen-bond donors (Lipinski definition) is 2. The fourth-order valence-electron chi connectivity index (χ4n) is 3.09. The first-order valence-electron chi connectivity index (χ1n) is 9.48. The third-order valence-corrected chi connectivity index (χ3v) is 4.81. The molecule has 29 heavy (non-hydrogen) atoms. The van der Waals surface area contributed by atoms with Crippen LogP contribution in [0.5, 0.6) is 5.75 Å². The quantitative estimate of drug-likeness (QED) is 0.778. The number of benzene rings is 2. The summed E-state index contributed by atoms with van der Waals surface area (Å²) in [6.45, 7) is 2.70. The van der Waals surface area contributed by atoms with Gasteiger partial charge in [0.05, 0.1) is 13.7 Å². The molecule has 2 aromatic carbocycles. The van der Waals surface area contributed by atoms with Crippen molar-refractivity contribution in [3.8, 4) is 5.75 Å². The van der Waals surface area contributed by atoms with Gasteiger partial charge in [0.1, 0.15) is 11.6 Å². The molecule has 0 saturated carbocycles. The van der Waals surface area contributed by atoms with Gasteiger partial charge >= 0.3 is 6.03 Å². The Morgan fingerprint density at radius 3 is 2.24 bits per heavy atom. The van der Waals surface area contributed by atoms with E-state index in [4.69, 9.17) is 4.74 Å². The van der Waals surface area contributed by atoms with E-state index in [9.17, 15) is 14.0 Å². The second-order valence-corrected chi connectivity index (χ2v) is 6.73. The number of nitrogens with one attached hydrogen (secondary N) is 2. The highest BCUT2D eigenvalue weighted by molar-refractivity contribution is 5.84. The zero-order valence-electron chi connectivity index (χ0n) is 16.4. The summed E-state index contributed by atoms with van der Waals surface area (Å²) in [5.74, 6) is 0.239. The first-order chi connectivity index (χ1) is 14.0. The average Bonchev–Trinajstić information content (AvgIpc) is 2.77. The lowest BCUT2D eigenvalue weighted by Gasteiger charge is -2.36. The van der Waals surface area contributed by atoms with Gasteiger partial charge in [-0.25, -0.2) is 9.18 Å². The summed E-state index contributed by atoms with van der Waals surface area (Å²) < 4.78 is 18.1. The minimum absolute atomic E-state index is 0.0762. The molecule has 3 amide bonds. The van der Waals surface area contributed by atoms with Gasteiger partial charge in [-0.2, -0.15) is 0 Å². The van der Waals surface area contributed by atoms with Crippen LogP contribution in [0.3, 0.4) is 0 Å². The summed E-state index contributed by atoms with van der Waals surface area (Å²) in [6.07, 6.45) is 0. The number of hydrogen-bond acceptors (Lipinski definition) is 4. The summed E-state index contributed by atoms with van der Waals surface area (Å²) in [5.41, 5.74) is 1.88. The number of amides is 3. The number of ether oxygens (including phenoxy) is 1. The number of rotatable bonds is 6. The molecule has 1 fully saturated rings. The van der Waals surface area contributed by atoms with Crippen molar-refractivity contribution in [2.24, 2.45) is 0 Å². The average molecular weight is 400 g/mol. The zero-order chi connectivity index (χ0) is 20.6. The molecule has 3 rings (SSSR count). The molecule has 154 valence electrons. The number of methoxy groups -OCH3 is 1. The molecule has 7 nitrogen and oxygen atoms in total. The second kappa shape index (κ2) is 9.77. The highest BCUT2D eigenvalue weighted by Gasteiger charge is 2.21. The van der Waals surface area contributed by atoms with E-state index >= 15 is 0 Å². The van der Waals surface area contributed by atoms with E-state index < -0.39 is 0 Å². The van der Waals surface area contributed by atoms with Crippen molar-refractivity contribution < 1.29 is 18.7 Å². The number of halogens is 1. The smallest absolute Gasteiger partial charge is 0.317 e. The van der Waals surface area contributed by atoms with Crippen LogP contribution in [0.2, 0.25) is 0 Å². The Morgan fingerprint density at radius 2 is 1.62 bits per heavy atom. The minimum atomic E-state index is -0.267. The molecule has 8 heteroatoms. The highest BCUT2D eigenvalue weighted by atomic mass is 19.1. The summed E-state index contributed by atoms with van der Waals surface area (Å²) in [4.78, 5) is 28.1. The van der Waals surface area contributed by atoms with Gasteiger partial charge in [0.2, 0.25) is 5.91 Å². The Balaban J connectivity index is 1.37. The predicted molar refractivity (Wildman–Crippen MR) is 108 cm³/mol. The van der Waals surface area contributed by atoms with Crippen molar-refractivity contribution in [1.29, 1.82) is 0 Å². The molecule has 1 heterocycles. The third-order valence-electron chi connectivity index (χ3n) is 4.81. The van der Waals surface area contributed by atoms with E-state index in [0.29, 0.717) is 32.7 Å². The lowest BCUT2D eigenvalue weighted by Crippen LogP contribution is -2.53. The molecule has 1 saturated heterocycles. The standard InChI is InChI=1S/C21H25FN4O3/c1-29-19-8-2-16(3-9-19)14-23-20(27)15-24-21(28)26-12-10-25(11-13-26)18-6-4-17(22)5-7-18/h2-9H,10-15H2,1H3,(H,23,27)(H,24,28). The molecule has 1 aliphatic heterocycles. The van der Waals surface area contributed by atoms with Crippen LogP contribution in [-0.2, 0) is 11.3 Å². The number of piperazine rings is 1. The van der Waals surface area contributed by atoms with Gasteiger partial charge in [-0.15, -0.1) is 0 Å². The van der Waals surface area contributed by atoms with Crippen LogP contribution >= 0.6 is 0 Å². The molecule has 0 radical (unpaired) electrons. The van der Waals surface area contributed by atoms with Gasteiger partial charge in [0.15, 0.2) is 0 Å². The molecule has 0 aliphatic carbocycles. The molecule has 2 N–H and O–H groups in total. The van der Waals surface area contributed by atoms with Gasteiger partial charge in [-0.1, -0.05) is 12.1 Å². The maximum Gasteiger partial charge on any atom is 0.317 e. The van der Waals surface area contributed by atoms with Crippen LogP contribution < -0.4 is 20.3 Å². The minimum Gasteiger partial charge on any atom is -0.497 e. The second-order valence-electron chi connectivity index (χ2n) is 6.73. The Hall–Kier alpha value is -3.29. The summed E-state index contributed by atoms with van der Waals surface area (Å²) >= 11 is 0. The predicted octanol–water partition coefficient (Wildman–Crippen LogP) is 1.98. The maximum absolute atomic E-state index is 13.0. The van der Waals surface area contributed by atoms with Crippen LogP contribution in [0.1, 0.15) is 5.56 Å². The van der Waals surface area contributed by atoms with Crippen molar-refractivity contribution in [3.05, 3.63) is 59.9 Å². The van der Waals surface area contributed by atoms with E-state index in [1.807, 2.05) is 24.3 Å². The normalized spacial score (nSPS) is 13.7. The van der Waals surface area contributed by atoms with E-state index in [2.05, 4.69) is 15.5 Å². The van der Waals surface area contributed by atoms with Gasteiger partial charge in [-0.05, 0) is 42.0 Å². The Labute approximate surface area is 169 Å². The molecule has 1 aliphatic rings. The third kappa shape index (κ3) is 5.84. The number of anilines is 1. The van der Waals surface area contributed by atoms with Crippen molar-refractivity contribution in [3.63, 3.8) is 0 Å². The van der Waals surface area contributed by atoms with Gasteiger partial charge < -0.3 is 25.2 Å². The van der Waals surface area contributed by atoms with Crippen molar-refractivity contribution in [2.45, 2.75) is 6.54 Å². The summed E-state index contributed by atoms with van der Waals surface area (Å²) in [6, 6.07) is 13.5. The van der Waals surface area contributed by atoms with E-state index in [-0.39, 0.29) is 24.3 Å². The molecule has 0 unspecified atom stereocenters. The maximum atomic E-state index is 13.0. The van der Waals surface area contributed by atoms with Gasteiger partial charge in [0, 0.05) is 38.4 Å². The lowest BCUT2D eigenvalue weighted by atomic mass is 10.2. The molecular weight excluding hydrogens is 375 g/mol. The van der Waals surface area contributed by atoms with E-state index in [1.165, 1.54) is 12.1 Å². The van der Waals surface area contributed by atoms with Crippen molar-refractivity contribution in [2.75, 3.05) is 44.7 Å².